The van der Waals surface area contributed by atoms with E-state index in [1.807, 2.05) is 30.3 Å². The molecule has 0 bridgehead atoms. The second-order valence-corrected chi connectivity index (χ2v) is 5.69. The zero-order chi connectivity index (χ0) is 11.5. The Morgan fingerprint density at radius 1 is 1.31 bits per heavy atom. The summed E-state index contributed by atoms with van der Waals surface area (Å²) < 4.78 is 5.60. The summed E-state index contributed by atoms with van der Waals surface area (Å²) in [7, 11) is 0. The van der Waals surface area contributed by atoms with E-state index in [2.05, 4.69) is 13.8 Å². The van der Waals surface area contributed by atoms with Gasteiger partial charge in [-0.3, -0.25) is 0 Å². The van der Waals surface area contributed by atoms with Crippen molar-refractivity contribution in [1.29, 1.82) is 0 Å². The van der Waals surface area contributed by atoms with Crippen LogP contribution in [0.5, 0.6) is 0 Å². The second kappa shape index (κ2) is 4.93. The fourth-order valence-corrected chi connectivity index (χ4v) is 2.26. The lowest BCUT2D eigenvalue weighted by molar-refractivity contribution is 0.176. The Bertz CT molecular complexity index is 429. The number of fused-ring (bicyclic) bond motifs is 1. The molecule has 1 heterocycles. The van der Waals surface area contributed by atoms with Crippen LogP contribution in [0.1, 0.15) is 25.7 Å². The maximum Gasteiger partial charge on any atom is 0.134 e. The Kier molecular flexibility index (Phi) is 3.56. The zero-order valence-electron chi connectivity index (χ0n) is 9.51. The summed E-state index contributed by atoms with van der Waals surface area (Å²) in [6.07, 6.45) is -0.514. The molecule has 2 nitrogen and oxygen atoms in total. The molecular weight excluding hydrogens is 220 g/mol. The number of benzene rings is 1. The average Bonchev–Trinajstić information content (AvgIpc) is 2.69. The van der Waals surface area contributed by atoms with Crippen LogP contribution >= 0.6 is 11.8 Å². The molecule has 0 saturated heterocycles. The number of para-hydroxylation sites is 1. The van der Waals surface area contributed by atoms with Crippen molar-refractivity contribution in [3.63, 3.8) is 0 Å². The summed E-state index contributed by atoms with van der Waals surface area (Å²) in [5.41, 5.74) is 0.839. The fourth-order valence-electron chi connectivity index (χ4n) is 1.53. The van der Waals surface area contributed by atoms with Crippen LogP contribution in [0.2, 0.25) is 0 Å². The van der Waals surface area contributed by atoms with E-state index in [4.69, 9.17) is 4.42 Å². The van der Waals surface area contributed by atoms with E-state index >= 15 is 0 Å². The van der Waals surface area contributed by atoms with Gasteiger partial charge in [-0.25, -0.2) is 0 Å². The molecule has 1 atom stereocenters. The lowest BCUT2D eigenvalue weighted by atomic mass is 10.2. The van der Waals surface area contributed by atoms with Crippen LogP contribution in [0.3, 0.4) is 0 Å². The van der Waals surface area contributed by atoms with Gasteiger partial charge in [-0.2, -0.15) is 11.8 Å². The number of rotatable bonds is 4. The third-order valence-electron chi connectivity index (χ3n) is 2.36. The molecule has 86 valence electrons. The number of aliphatic hydroxyl groups excluding tert-OH is 1. The third kappa shape index (κ3) is 2.60. The summed E-state index contributed by atoms with van der Waals surface area (Å²) in [5.74, 6) is 1.34. The highest BCUT2D eigenvalue weighted by atomic mass is 32.2. The smallest absolute Gasteiger partial charge is 0.134 e. The van der Waals surface area contributed by atoms with Crippen molar-refractivity contribution in [3.05, 3.63) is 36.1 Å². The first-order valence-electron chi connectivity index (χ1n) is 5.45. The van der Waals surface area contributed by atoms with Crippen LogP contribution in [0.25, 0.3) is 11.0 Å². The van der Waals surface area contributed by atoms with E-state index < -0.39 is 6.10 Å². The van der Waals surface area contributed by atoms with E-state index in [1.54, 1.807) is 11.8 Å². The molecular formula is C13H16O2S. The molecule has 2 rings (SSSR count). The minimum absolute atomic E-state index is 0.514. The zero-order valence-corrected chi connectivity index (χ0v) is 10.3. The molecule has 0 aliphatic carbocycles. The predicted octanol–water partition coefficient (Wildman–Crippen LogP) is 3.61. The minimum atomic E-state index is -0.514. The molecule has 1 N–H and O–H groups in total. The fraction of sp³-hybridized carbons (Fsp3) is 0.385. The van der Waals surface area contributed by atoms with E-state index in [-0.39, 0.29) is 0 Å². The van der Waals surface area contributed by atoms with Crippen LogP contribution in [0.15, 0.2) is 34.7 Å². The van der Waals surface area contributed by atoms with Gasteiger partial charge in [-0.05, 0) is 17.4 Å². The molecule has 0 fully saturated rings. The quantitative estimate of drug-likeness (QED) is 0.880. The van der Waals surface area contributed by atoms with E-state index in [0.29, 0.717) is 16.8 Å². The van der Waals surface area contributed by atoms with Gasteiger partial charge in [0.2, 0.25) is 0 Å². The van der Waals surface area contributed by atoms with E-state index in [1.165, 1.54) is 0 Å². The molecule has 1 aromatic heterocycles. The summed E-state index contributed by atoms with van der Waals surface area (Å²) >= 11 is 1.73. The van der Waals surface area contributed by atoms with Gasteiger partial charge < -0.3 is 9.52 Å². The maximum atomic E-state index is 9.96. The highest BCUT2D eigenvalue weighted by molar-refractivity contribution is 7.99. The summed E-state index contributed by atoms with van der Waals surface area (Å²) in [6.45, 7) is 4.24. The lowest BCUT2D eigenvalue weighted by Crippen LogP contribution is -2.01. The monoisotopic (exact) mass is 236 g/mol. The summed E-state index contributed by atoms with van der Waals surface area (Å²) in [5, 5.41) is 11.5. The molecule has 3 heteroatoms. The van der Waals surface area contributed by atoms with Gasteiger partial charge in [0.25, 0.3) is 0 Å². The van der Waals surface area contributed by atoms with E-state index in [9.17, 15) is 5.11 Å². The van der Waals surface area contributed by atoms with Crippen LogP contribution in [0.4, 0.5) is 0 Å². The highest BCUT2D eigenvalue weighted by Gasteiger charge is 2.13. The number of hydrogen-bond acceptors (Lipinski definition) is 3. The SMILES string of the molecule is CC(C)SCC(O)c1cc2ccccc2o1. The number of hydrogen-bond donors (Lipinski definition) is 1. The van der Waals surface area contributed by atoms with Crippen LogP contribution in [0, 0.1) is 0 Å². The maximum absolute atomic E-state index is 9.96. The van der Waals surface area contributed by atoms with Crippen molar-refractivity contribution in [2.75, 3.05) is 5.75 Å². The molecule has 0 amide bonds. The van der Waals surface area contributed by atoms with Crippen molar-refractivity contribution < 1.29 is 9.52 Å². The highest BCUT2D eigenvalue weighted by Crippen LogP contribution is 2.26. The van der Waals surface area contributed by atoms with Crippen molar-refractivity contribution >= 4 is 22.7 Å². The third-order valence-corrected chi connectivity index (χ3v) is 3.54. The largest absolute Gasteiger partial charge is 0.458 e. The van der Waals surface area contributed by atoms with Crippen molar-refractivity contribution in [2.24, 2.45) is 0 Å². The van der Waals surface area contributed by atoms with Crippen molar-refractivity contribution in [3.8, 4) is 0 Å². The van der Waals surface area contributed by atoms with Crippen molar-refractivity contribution in [2.45, 2.75) is 25.2 Å². The number of thioether (sulfide) groups is 1. The molecule has 1 aromatic carbocycles. The first-order valence-corrected chi connectivity index (χ1v) is 6.50. The van der Waals surface area contributed by atoms with Crippen LogP contribution in [-0.2, 0) is 0 Å². The molecule has 0 spiro atoms. The first kappa shape index (κ1) is 11.6. The molecule has 0 saturated carbocycles. The van der Waals surface area contributed by atoms with Crippen molar-refractivity contribution in [1.82, 2.24) is 0 Å². The standard InChI is InChI=1S/C13H16O2S/c1-9(2)16-8-11(14)13-7-10-5-3-4-6-12(10)15-13/h3-7,9,11,14H,8H2,1-2H3. The predicted molar refractivity (Wildman–Crippen MR) is 68.8 cm³/mol. The molecule has 2 aromatic rings. The molecule has 1 unspecified atom stereocenters. The Morgan fingerprint density at radius 2 is 2.06 bits per heavy atom. The number of furan rings is 1. The normalized spacial score (nSPS) is 13.5. The van der Waals surface area contributed by atoms with Crippen LogP contribution in [-0.4, -0.2) is 16.1 Å². The van der Waals surface area contributed by atoms with E-state index in [0.717, 1.165) is 11.0 Å². The molecule has 0 aliphatic rings. The average molecular weight is 236 g/mol. The minimum Gasteiger partial charge on any atom is -0.458 e. The Labute approximate surface area is 99.6 Å². The molecule has 0 radical (unpaired) electrons. The van der Waals surface area contributed by atoms with Gasteiger partial charge in [0.15, 0.2) is 0 Å². The van der Waals surface area contributed by atoms with Gasteiger partial charge in [0.05, 0.1) is 0 Å². The summed E-state index contributed by atoms with van der Waals surface area (Å²) in [4.78, 5) is 0. The number of aliphatic hydroxyl groups is 1. The van der Waals surface area contributed by atoms with Gasteiger partial charge in [-0.1, -0.05) is 32.0 Å². The topological polar surface area (TPSA) is 33.4 Å². The summed E-state index contributed by atoms with van der Waals surface area (Å²) in [6, 6.07) is 9.73. The lowest BCUT2D eigenvalue weighted by Gasteiger charge is -2.08. The first-order chi connectivity index (χ1) is 7.66. The Balaban J connectivity index is 2.13. The van der Waals surface area contributed by atoms with Gasteiger partial charge >= 0.3 is 0 Å². The second-order valence-electron chi connectivity index (χ2n) is 4.08. The van der Waals surface area contributed by atoms with Gasteiger partial charge in [0, 0.05) is 11.1 Å². The Morgan fingerprint density at radius 3 is 2.75 bits per heavy atom. The Hall–Kier alpha value is -0.930. The van der Waals surface area contributed by atoms with Crippen LogP contribution < -0.4 is 0 Å². The molecule has 16 heavy (non-hydrogen) atoms. The molecule has 0 aliphatic heterocycles. The van der Waals surface area contributed by atoms with Gasteiger partial charge in [0.1, 0.15) is 17.4 Å². The van der Waals surface area contributed by atoms with Gasteiger partial charge in [-0.15, -0.1) is 0 Å².